The van der Waals surface area contributed by atoms with Gasteiger partial charge < -0.3 is 15.7 Å². The summed E-state index contributed by atoms with van der Waals surface area (Å²) in [5, 5.41) is 11.7. The lowest BCUT2D eigenvalue weighted by molar-refractivity contribution is 0.314. The number of fused-ring (bicyclic) bond motifs is 1. The number of rotatable bonds is 2. The van der Waals surface area contributed by atoms with Crippen LogP contribution in [0.1, 0.15) is 16.7 Å². The second kappa shape index (κ2) is 4.04. The smallest absolute Gasteiger partial charge is 0.142 e. The molecule has 0 fully saturated rings. The van der Waals surface area contributed by atoms with E-state index < -0.39 is 0 Å². The number of ether oxygens (including phenoxy) is 1. The van der Waals surface area contributed by atoms with Crippen LogP contribution in [0.15, 0.2) is 17.3 Å². The third-order valence-electron chi connectivity index (χ3n) is 3.18. The summed E-state index contributed by atoms with van der Waals surface area (Å²) in [5.74, 6) is 1.33. The van der Waals surface area contributed by atoms with Gasteiger partial charge >= 0.3 is 0 Å². The molecule has 0 saturated carbocycles. The number of aryl methyl sites for hydroxylation is 1. The second-order valence-corrected chi connectivity index (χ2v) is 4.22. The van der Waals surface area contributed by atoms with Crippen molar-refractivity contribution in [1.29, 1.82) is 0 Å². The van der Waals surface area contributed by atoms with Gasteiger partial charge in [-0.3, -0.25) is 0 Å². The molecule has 0 bridgehead atoms. The van der Waals surface area contributed by atoms with Gasteiger partial charge in [-0.15, -0.1) is 0 Å². The van der Waals surface area contributed by atoms with Crippen LogP contribution in [0.4, 0.5) is 0 Å². The highest BCUT2D eigenvalue weighted by Crippen LogP contribution is 2.32. The van der Waals surface area contributed by atoms with Crippen molar-refractivity contribution < 1.29 is 9.94 Å². The molecule has 16 heavy (non-hydrogen) atoms. The summed E-state index contributed by atoms with van der Waals surface area (Å²) < 4.78 is 5.28. The molecule has 3 N–H and O–H groups in total. The minimum Gasteiger partial charge on any atom is -0.496 e. The van der Waals surface area contributed by atoms with E-state index in [1.54, 1.807) is 7.11 Å². The molecule has 1 unspecified atom stereocenters. The van der Waals surface area contributed by atoms with Gasteiger partial charge in [-0.05, 0) is 42.5 Å². The average Bonchev–Trinajstić information content (AvgIpc) is 2.69. The van der Waals surface area contributed by atoms with Gasteiger partial charge in [-0.2, -0.15) is 0 Å². The van der Waals surface area contributed by atoms with E-state index in [1.807, 2.05) is 6.92 Å². The van der Waals surface area contributed by atoms with Crippen LogP contribution in [0.3, 0.4) is 0 Å². The van der Waals surface area contributed by atoms with E-state index in [-0.39, 0.29) is 5.92 Å². The topological polar surface area (TPSA) is 67.8 Å². The van der Waals surface area contributed by atoms with Gasteiger partial charge in [0.1, 0.15) is 11.6 Å². The van der Waals surface area contributed by atoms with Gasteiger partial charge in [-0.1, -0.05) is 11.2 Å². The van der Waals surface area contributed by atoms with E-state index in [9.17, 15) is 0 Å². The lowest BCUT2D eigenvalue weighted by Crippen LogP contribution is -2.23. The Kier molecular flexibility index (Phi) is 2.73. The van der Waals surface area contributed by atoms with E-state index in [0.29, 0.717) is 5.84 Å². The first kappa shape index (κ1) is 10.8. The summed E-state index contributed by atoms with van der Waals surface area (Å²) in [6.07, 6.45) is 1.66. The van der Waals surface area contributed by atoms with E-state index >= 15 is 0 Å². The standard InChI is InChI=1S/C12H16N2O2/c1-7-3-8-4-10(12(13)14-15)5-9(8)6-11(7)16-2/h3,6,10,15H,4-5H2,1-2H3,(H2,13,14). The second-order valence-electron chi connectivity index (χ2n) is 4.22. The van der Waals surface area contributed by atoms with Crippen molar-refractivity contribution in [1.82, 2.24) is 0 Å². The predicted molar refractivity (Wildman–Crippen MR) is 62.0 cm³/mol. The summed E-state index contributed by atoms with van der Waals surface area (Å²) >= 11 is 0. The number of oxime groups is 1. The maximum Gasteiger partial charge on any atom is 0.142 e. The summed E-state index contributed by atoms with van der Waals surface area (Å²) in [6, 6.07) is 4.17. The van der Waals surface area contributed by atoms with Crippen molar-refractivity contribution in [2.24, 2.45) is 16.8 Å². The number of amidine groups is 1. The van der Waals surface area contributed by atoms with Crippen LogP contribution in [0.5, 0.6) is 5.75 Å². The summed E-state index contributed by atoms with van der Waals surface area (Å²) in [6.45, 7) is 2.02. The van der Waals surface area contributed by atoms with Crippen molar-refractivity contribution in [3.63, 3.8) is 0 Å². The number of nitrogens with two attached hydrogens (primary N) is 1. The van der Waals surface area contributed by atoms with Crippen molar-refractivity contribution in [3.8, 4) is 5.75 Å². The molecular formula is C12H16N2O2. The van der Waals surface area contributed by atoms with E-state index in [1.165, 1.54) is 11.1 Å². The van der Waals surface area contributed by atoms with Gasteiger partial charge in [0.05, 0.1) is 7.11 Å². The fourth-order valence-corrected chi connectivity index (χ4v) is 2.28. The van der Waals surface area contributed by atoms with Crippen LogP contribution < -0.4 is 10.5 Å². The zero-order chi connectivity index (χ0) is 11.7. The molecule has 1 aromatic rings. The van der Waals surface area contributed by atoms with Gasteiger partial charge in [0.2, 0.25) is 0 Å². The third kappa shape index (κ3) is 1.71. The van der Waals surface area contributed by atoms with Gasteiger partial charge in [0.15, 0.2) is 0 Å². The Morgan fingerprint density at radius 2 is 2.06 bits per heavy atom. The Labute approximate surface area is 94.7 Å². The van der Waals surface area contributed by atoms with Crippen LogP contribution in [-0.2, 0) is 12.8 Å². The molecule has 2 rings (SSSR count). The first-order valence-corrected chi connectivity index (χ1v) is 5.29. The highest BCUT2D eigenvalue weighted by atomic mass is 16.5. The number of benzene rings is 1. The Morgan fingerprint density at radius 3 is 2.62 bits per heavy atom. The Morgan fingerprint density at radius 1 is 1.44 bits per heavy atom. The maximum absolute atomic E-state index is 8.67. The lowest BCUT2D eigenvalue weighted by atomic mass is 10.1. The predicted octanol–water partition coefficient (Wildman–Crippen LogP) is 1.46. The molecule has 1 aromatic carbocycles. The molecule has 0 aromatic heterocycles. The Hall–Kier alpha value is -1.71. The summed E-state index contributed by atoms with van der Waals surface area (Å²) in [4.78, 5) is 0. The average molecular weight is 220 g/mol. The van der Waals surface area contributed by atoms with E-state index in [2.05, 4.69) is 17.3 Å². The van der Waals surface area contributed by atoms with E-state index in [4.69, 9.17) is 15.7 Å². The van der Waals surface area contributed by atoms with Crippen molar-refractivity contribution >= 4 is 5.84 Å². The molecule has 0 amide bonds. The molecule has 0 aliphatic heterocycles. The van der Waals surface area contributed by atoms with Crippen molar-refractivity contribution in [3.05, 3.63) is 28.8 Å². The van der Waals surface area contributed by atoms with E-state index in [0.717, 1.165) is 24.2 Å². The first-order chi connectivity index (χ1) is 7.65. The molecule has 4 heteroatoms. The van der Waals surface area contributed by atoms with Gasteiger partial charge in [0, 0.05) is 5.92 Å². The minimum atomic E-state index is 0.117. The SMILES string of the molecule is COc1cc2c(cc1C)CC(/C(N)=N/O)C2. The summed E-state index contributed by atoms with van der Waals surface area (Å²) in [7, 11) is 1.67. The molecule has 0 spiro atoms. The molecule has 86 valence electrons. The maximum atomic E-state index is 8.67. The molecular weight excluding hydrogens is 204 g/mol. The first-order valence-electron chi connectivity index (χ1n) is 5.29. The highest BCUT2D eigenvalue weighted by Gasteiger charge is 2.25. The Balaban J connectivity index is 2.31. The molecule has 0 saturated heterocycles. The largest absolute Gasteiger partial charge is 0.496 e. The van der Waals surface area contributed by atoms with Crippen LogP contribution in [0.25, 0.3) is 0 Å². The Bertz CT molecular complexity index is 441. The van der Waals surface area contributed by atoms with Crippen LogP contribution in [-0.4, -0.2) is 18.2 Å². The minimum absolute atomic E-state index is 0.117. The lowest BCUT2D eigenvalue weighted by Gasteiger charge is -2.07. The molecule has 1 aliphatic carbocycles. The monoisotopic (exact) mass is 220 g/mol. The normalized spacial score (nSPS) is 19.6. The van der Waals surface area contributed by atoms with Crippen LogP contribution in [0, 0.1) is 12.8 Å². The third-order valence-corrected chi connectivity index (χ3v) is 3.18. The number of methoxy groups -OCH3 is 1. The fourth-order valence-electron chi connectivity index (χ4n) is 2.28. The van der Waals surface area contributed by atoms with Crippen LogP contribution in [0.2, 0.25) is 0 Å². The zero-order valence-electron chi connectivity index (χ0n) is 9.53. The molecule has 4 nitrogen and oxygen atoms in total. The van der Waals surface area contributed by atoms with Crippen molar-refractivity contribution in [2.75, 3.05) is 7.11 Å². The molecule has 1 atom stereocenters. The van der Waals surface area contributed by atoms with Crippen molar-refractivity contribution in [2.45, 2.75) is 19.8 Å². The van der Waals surface area contributed by atoms with Crippen LogP contribution >= 0.6 is 0 Å². The van der Waals surface area contributed by atoms with Gasteiger partial charge in [0.25, 0.3) is 0 Å². The highest BCUT2D eigenvalue weighted by molar-refractivity contribution is 5.83. The zero-order valence-corrected chi connectivity index (χ0v) is 9.53. The summed E-state index contributed by atoms with van der Waals surface area (Å²) in [5.41, 5.74) is 9.27. The molecule has 0 heterocycles. The molecule has 1 aliphatic rings. The molecule has 0 radical (unpaired) electrons. The van der Waals surface area contributed by atoms with Gasteiger partial charge in [-0.25, -0.2) is 0 Å². The number of hydrogen-bond acceptors (Lipinski definition) is 3. The quantitative estimate of drug-likeness (QED) is 0.343. The fraction of sp³-hybridized carbons (Fsp3) is 0.417. The number of hydrogen-bond donors (Lipinski definition) is 2. The number of nitrogens with zero attached hydrogens (tertiary/aromatic N) is 1.